The molecule has 0 spiro atoms. The van der Waals surface area contributed by atoms with E-state index in [0.717, 1.165) is 17.7 Å². The highest BCUT2D eigenvalue weighted by atomic mass is 16.5. The van der Waals surface area contributed by atoms with Gasteiger partial charge in [-0.2, -0.15) is 5.26 Å². The van der Waals surface area contributed by atoms with Gasteiger partial charge >= 0.3 is 0 Å². The summed E-state index contributed by atoms with van der Waals surface area (Å²) in [5.41, 5.74) is 0.453. The summed E-state index contributed by atoms with van der Waals surface area (Å²) in [6.07, 6.45) is 0.809. The van der Waals surface area contributed by atoms with Gasteiger partial charge in [-0.15, -0.1) is 0 Å². The van der Waals surface area contributed by atoms with E-state index in [1.807, 2.05) is 58.9 Å². The van der Waals surface area contributed by atoms with Crippen LogP contribution in [0, 0.1) is 11.3 Å². The van der Waals surface area contributed by atoms with E-state index >= 15 is 0 Å². The molecule has 0 aromatic heterocycles. The van der Waals surface area contributed by atoms with Crippen LogP contribution in [0.2, 0.25) is 0 Å². The third kappa shape index (κ3) is 3.49. The van der Waals surface area contributed by atoms with Crippen LogP contribution in [0.25, 0.3) is 0 Å². The van der Waals surface area contributed by atoms with Crippen molar-refractivity contribution in [1.29, 1.82) is 5.26 Å². The molecule has 0 radical (unpaired) electrons. The molecule has 0 aliphatic heterocycles. The molecule has 2 nitrogen and oxygen atoms in total. The van der Waals surface area contributed by atoms with Gasteiger partial charge in [-0.05, 0) is 51.8 Å². The molecule has 0 bridgehead atoms. The minimum atomic E-state index is -0.403. The molecule has 92 valence electrons. The molecule has 2 heteroatoms. The van der Waals surface area contributed by atoms with Gasteiger partial charge in [0.1, 0.15) is 11.4 Å². The van der Waals surface area contributed by atoms with Crippen LogP contribution < -0.4 is 4.74 Å². The third-order valence-electron chi connectivity index (χ3n) is 2.87. The Labute approximate surface area is 104 Å². The molecule has 1 aromatic carbocycles. The van der Waals surface area contributed by atoms with E-state index in [1.165, 1.54) is 0 Å². The molecule has 1 aromatic rings. The summed E-state index contributed by atoms with van der Waals surface area (Å²) in [6.45, 7) is 10.1. The van der Waals surface area contributed by atoms with Crippen molar-refractivity contribution in [2.24, 2.45) is 0 Å². The van der Waals surface area contributed by atoms with Crippen LogP contribution >= 0.6 is 0 Å². The zero-order chi connectivity index (χ0) is 13.1. The Morgan fingerprint density at radius 1 is 1.12 bits per heavy atom. The van der Waals surface area contributed by atoms with Gasteiger partial charge in [0.15, 0.2) is 0 Å². The number of hydrogen-bond acceptors (Lipinski definition) is 2. The number of hydrogen-bond donors (Lipinski definition) is 0. The zero-order valence-electron chi connectivity index (χ0n) is 11.4. The lowest BCUT2D eigenvalue weighted by atomic mass is 9.82. The Morgan fingerprint density at radius 3 is 2.00 bits per heavy atom. The van der Waals surface area contributed by atoms with E-state index in [0.29, 0.717) is 0 Å². The summed E-state index contributed by atoms with van der Waals surface area (Å²) < 4.78 is 5.75. The minimum absolute atomic E-state index is 0.190. The Balaban J connectivity index is 2.93. The first-order valence-corrected chi connectivity index (χ1v) is 6.01. The molecule has 1 atom stereocenters. The van der Waals surface area contributed by atoms with E-state index in [9.17, 15) is 5.26 Å². The van der Waals surface area contributed by atoms with Gasteiger partial charge in [0.2, 0.25) is 0 Å². The smallest absolute Gasteiger partial charge is 0.120 e. The number of ether oxygens (including phenoxy) is 1. The second-order valence-corrected chi connectivity index (χ2v) is 5.54. The second-order valence-electron chi connectivity index (χ2n) is 5.54. The molecule has 0 saturated carbocycles. The fourth-order valence-corrected chi connectivity index (χ4v) is 1.59. The number of nitriles is 1. The van der Waals surface area contributed by atoms with Crippen molar-refractivity contribution in [2.45, 2.75) is 52.1 Å². The van der Waals surface area contributed by atoms with Crippen molar-refractivity contribution < 1.29 is 4.74 Å². The Kier molecular flexibility index (Phi) is 3.83. The summed E-state index contributed by atoms with van der Waals surface area (Å²) in [6, 6.07) is 10.2. The Morgan fingerprint density at radius 2 is 1.65 bits per heavy atom. The quantitative estimate of drug-likeness (QED) is 0.786. The van der Waals surface area contributed by atoms with Crippen molar-refractivity contribution in [1.82, 2.24) is 0 Å². The topological polar surface area (TPSA) is 33.0 Å². The number of nitrogens with zero attached hydrogens (tertiary/aromatic N) is 1. The van der Waals surface area contributed by atoms with Crippen LogP contribution in [-0.2, 0) is 5.41 Å². The highest BCUT2D eigenvalue weighted by molar-refractivity contribution is 5.36. The van der Waals surface area contributed by atoms with Crippen LogP contribution in [0.5, 0.6) is 5.75 Å². The number of rotatable bonds is 3. The maximum atomic E-state index is 9.21. The lowest BCUT2D eigenvalue weighted by Gasteiger charge is -2.23. The summed E-state index contributed by atoms with van der Waals surface area (Å²) >= 11 is 0. The van der Waals surface area contributed by atoms with Crippen molar-refractivity contribution in [3.05, 3.63) is 29.8 Å². The molecule has 0 heterocycles. The van der Waals surface area contributed by atoms with Crippen molar-refractivity contribution >= 4 is 0 Å². The van der Waals surface area contributed by atoms with Crippen LogP contribution in [0.3, 0.4) is 0 Å². The van der Waals surface area contributed by atoms with E-state index < -0.39 is 5.41 Å². The standard InChI is InChI=1S/C15H21NO/c1-6-15(5,11-16)12-7-9-13(10-8-12)17-14(2,3)4/h7-10H,6H2,1-5H3. The second kappa shape index (κ2) is 4.79. The first-order valence-electron chi connectivity index (χ1n) is 6.01. The van der Waals surface area contributed by atoms with Crippen LogP contribution in [-0.4, -0.2) is 5.60 Å². The van der Waals surface area contributed by atoms with E-state index in [-0.39, 0.29) is 5.60 Å². The third-order valence-corrected chi connectivity index (χ3v) is 2.87. The van der Waals surface area contributed by atoms with Crippen LogP contribution in [0.15, 0.2) is 24.3 Å². The SMILES string of the molecule is CCC(C)(C#N)c1ccc(OC(C)(C)C)cc1. The van der Waals surface area contributed by atoms with Gasteiger partial charge in [-0.3, -0.25) is 0 Å². The van der Waals surface area contributed by atoms with Gasteiger partial charge < -0.3 is 4.74 Å². The first-order chi connectivity index (χ1) is 7.80. The predicted molar refractivity (Wildman–Crippen MR) is 70.1 cm³/mol. The van der Waals surface area contributed by atoms with Gasteiger partial charge in [-0.1, -0.05) is 19.1 Å². The molecule has 17 heavy (non-hydrogen) atoms. The molecule has 0 N–H and O–H groups in total. The largest absolute Gasteiger partial charge is 0.488 e. The summed E-state index contributed by atoms with van der Waals surface area (Å²) in [7, 11) is 0. The first kappa shape index (κ1) is 13.6. The highest BCUT2D eigenvalue weighted by Crippen LogP contribution is 2.28. The molecule has 0 amide bonds. The van der Waals surface area contributed by atoms with Crippen LogP contribution in [0.4, 0.5) is 0 Å². The van der Waals surface area contributed by atoms with Crippen molar-refractivity contribution in [3.8, 4) is 11.8 Å². The molecule has 0 saturated heterocycles. The average molecular weight is 231 g/mol. The maximum Gasteiger partial charge on any atom is 0.120 e. The summed E-state index contributed by atoms with van der Waals surface area (Å²) in [4.78, 5) is 0. The van der Waals surface area contributed by atoms with Gasteiger partial charge in [0.05, 0.1) is 11.5 Å². The monoisotopic (exact) mass is 231 g/mol. The van der Waals surface area contributed by atoms with Crippen LogP contribution in [0.1, 0.15) is 46.6 Å². The molecular formula is C15H21NO. The average Bonchev–Trinajstić information content (AvgIpc) is 2.27. The van der Waals surface area contributed by atoms with E-state index in [2.05, 4.69) is 6.07 Å². The van der Waals surface area contributed by atoms with Gasteiger partial charge in [0, 0.05) is 0 Å². The molecule has 0 fully saturated rings. The normalized spacial score (nSPS) is 14.8. The molecule has 0 aliphatic carbocycles. The Bertz CT molecular complexity index is 408. The zero-order valence-corrected chi connectivity index (χ0v) is 11.4. The minimum Gasteiger partial charge on any atom is -0.488 e. The van der Waals surface area contributed by atoms with Gasteiger partial charge in [0.25, 0.3) is 0 Å². The summed E-state index contributed by atoms with van der Waals surface area (Å²) in [5.74, 6) is 0.845. The van der Waals surface area contributed by atoms with Crippen molar-refractivity contribution in [3.63, 3.8) is 0 Å². The number of benzene rings is 1. The molecular weight excluding hydrogens is 210 g/mol. The lowest BCUT2D eigenvalue weighted by Crippen LogP contribution is -2.23. The lowest BCUT2D eigenvalue weighted by molar-refractivity contribution is 0.131. The van der Waals surface area contributed by atoms with E-state index in [4.69, 9.17) is 4.74 Å². The maximum absolute atomic E-state index is 9.21. The molecule has 1 rings (SSSR count). The van der Waals surface area contributed by atoms with Crippen molar-refractivity contribution in [2.75, 3.05) is 0 Å². The Hall–Kier alpha value is -1.49. The fourth-order valence-electron chi connectivity index (χ4n) is 1.59. The van der Waals surface area contributed by atoms with Gasteiger partial charge in [-0.25, -0.2) is 0 Å². The predicted octanol–water partition coefficient (Wildman–Crippen LogP) is 4.06. The molecule has 0 aliphatic rings. The van der Waals surface area contributed by atoms with E-state index in [1.54, 1.807) is 0 Å². The highest BCUT2D eigenvalue weighted by Gasteiger charge is 2.24. The molecule has 1 unspecified atom stereocenters. The summed E-state index contributed by atoms with van der Waals surface area (Å²) in [5, 5.41) is 9.21. The fraction of sp³-hybridized carbons (Fsp3) is 0.533.